The summed E-state index contributed by atoms with van der Waals surface area (Å²) in [6.45, 7) is 6.98. The minimum atomic E-state index is -0.183. The fraction of sp³-hybridized carbons (Fsp3) is 0.800. The first-order valence-corrected chi connectivity index (χ1v) is 4.79. The number of carbonyl (C=O) groups is 1. The second-order valence-corrected chi connectivity index (χ2v) is 4.73. The van der Waals surface area contributed by atoms with Crippen molar-refractivity contribution >= 4 is 11.6 Å². The Morgan fingerprint density at radius 1 is 1.46 bits per heavy atom. The van der Waals surface area contributed by atoms with Gasteiger partial charge in [0.1, 0.15) is 0 Å². The first-order chi connectivity index (χ1) is 5.93. The van der Waals surface area contributed by atoms with E-state index >= 15 is 0 Å². The minimum Gasteiger partial charge on any atom is -0.351 e. The highest BCUT2D eigenvalue weighted by atomic mass is 16.1. The van der Waals surface area contributed by atoms with Crippen LogP contribution in [0.4, 0.5) is 0 Å². The molecule has 1 heterocycles. The Labute approximate surface area is 79.4 Å². The summed E-state index contributed by atoms with van der Waals surface area (Å²) in [7, 11) is 0. The summed E-state index contributed by atoms with van der Waals surface area (Å²) < 4.78 is 0. The number of rotatable bonds is 0. The van der Waals surface area contributed by atoms with Crippen LogP contribution in [0.15, 0.2) is 0 Å². The van der Waals surface area contributed by atoms with Gasteiger partial charge in [-0.3, -0.25) is 10.2 Å². The van der Waals surface area contributed by atoms with Crippen LogP contribution in [0.2, 0.25) is 0 Å². The zero-order valence-corrected chi connectivity index (χ0v) is 8.61. The Kier molecular flexibility index (Phi) is 2.74. The maximum absolute atomic E-state index is 11.3. The summed E-state index contributed by atoms with van der Waals surface area (Å²) in [6, 6.07) is 0. The predicted molar refractivity (Wildman–Crippen MR) is 52.9 cm³/mol. The van der Waals surface area contributed by atoms with Crippen molar-refractivity contribution in [3.63, 3.8) is 0 Å². The number of carbonyl (C=O) groups excluding carboxylic acids is 1. The average molecular weight is 182 g/mol. The van der Waals surface area contributed by atoms with Gasteiger partial charge in [0.05, 0.1) is 5.71 Å². The van der Waals surface area contributed by atoms with Crippen LogP contribution in [0.1, 0.15) is 33.6 Å². The molecule has 1 saturated heterocycles. The van der Waals surface area contributed by atoms with Crippen LogP contribution in [0.25, 0.3) is 0 Å². The summed E-state index contributed by atoms with van der Waals surface area (Å²) in [5, 5.41) is 10.5. The monoisotopic (exact) mass is 182 g/mol. The predicted octanol–water partition coefficient (Wildman–Crippen LogP) is 1.58. The van der Waals surface area contributed by atoms with Gasteiger partial charge >= 0.3 is 0 Å². The molecule has 1 atom stereocenters. The lowest BCUT2D eigenvalue weighted by Gasteiger charge is -2.28. The molecule has 1 amide bonds. The third-order valence-corrected chi connectivity index (χ3v) is 2.59. The van der Waals surface area contributed by atoms with Gasteiger partial charge in [0.2, 0.25) is 0 Å². The van der Waals surface area contributed by atoms with E-state index in [9.17, 15) is 4.79 Å². The Morgan fingerprint density at radius 2 is 2.08 bits per heavy atom. The lowest BCUT2D eigenvalue weighted by molar-refractivity contribution is -0.115. The lowest BCUT2D eigenvalue weighted by Crippen LogP contribution is -2.36. The van der Waals surface area contributed by atoms with Crippen LogP contribution in [-0.4, -0.2) is 18.2 Å². The molecule has 74 valence electrons. The number of nitrogens with one attached hydrogen (secondary N) is 2. The van der Waals surface area contributed by atoms with Gasteiger partial charge in [-0.25, -0.2) is 0 Å². The molecule has 1 aliphatic heterocycles. The molecule has 1 aliphatic rings. The van der Waals surface area contributed by atoms with Crippen molar-refractivity contribution in [2.45, 2.75) is 33.6 Å². The molecular formula is C10H18N2O. The molecule has 0 aliphatic carbocycles. The number of amides is 1. The molecule has 1 fully saturated rings. The third-order valence-electron chi connectivity index (χ3n) is 2.59. The molecular weight excluding hydrogens is 164 g/mol. The molecule has 2 N–H and O–H groups in total. The summed E-state index contributed by atoms with van der Waals surface area (Å²) >= 11 is 0. The maximum atomic E-state index is 11.3. The largest absolute Gasteiger partial charge is 0.351 e. The van der Waals surface area contributed by atoms with E-state index in [1.165, 1.54) is 0 Å². The molecule has 0 radical (unpaired) electrons. The van der Waals surface area contributed by atoms with Crippen LogP contribution < -0.4 is 5.32 Å². The smallest absolute Gasteiger partial charge is 0.265 e. The van der Waals surface area contributed by atoms with Crippen LogP contribution in [0, 0.1) is 16.7 Å². The Morgan fingerprint density at radius 3 is 2.62 bits per heavy atom. The molecule has 0 aromatic heterocycles. The van der Waals surface area contributed by atoms with Gasteiger partial charge in [-0.1, -0.05) is 20.8 Å². The highest BCUT2D eigenvalue weighted by Gasteiger charge is 2.32. The van der Waals surface area contributed by atoms with Crippen LogP contribution in [-0.2, 0) is 4.79 Å². The Balaban J connectivity index is 2.83. The SMILES string of the molecule is CC(C)(C)C1CCCNC(=O)C1=N. The van der Waals surface area contributed by atoms with Crippen molar-refractivity contribution in [2.24, 2.45) is 11.3 Å². The van der Waals surface area contributed by atoms with Gasteiger partial charge in [0.15, 0.2) is 0 Å². The maximum Gasteiger partial charge on any atom is 0.265 e. The van der Waals surface area contributed by atoms with Crippen molar-refractivity contribution in [2.75, 3.05) is 6.54 Å². The van der Waals surface area contributed by atoms with Gasteiger partial charge in [0, 0.05) is 12.5 Å². The van der Waals surface area contributed by atoms with Crippen LogP contribution in [0.5, 0.6) is 0 Å². The highest BCUT2D eigenvalue weighted by molar-refractivity contribution is 6.38. The standard InChI is InChI=1S/C10H18N2O/c1-10(2,3)7-5-4-6-12-9(13)8(7)11/h7,11H,4-6H2,1-3H3,(H,12,13). The van der Waals surface area contributed by atoms with E-state index in [1.54, 1.807) is 0 Å². The summed E-state index contributed by atoms with van der Waals surface area (Å²) in [5.74, 6) is -0.0765. The number of hydrogen-bond donors (Lipinski definition) is 2. The third kappa shape index (κ3) is 2.29. The molecule has 3 heteroatoms. The summed E-state index contributed by atoms with van der Waals surface area (Å²) in [5.41, 5.74) is 0.281. The molecule has 0 spiro atoms. The summed E-state index contributed by atoms with van der Waals surface area (Å²) in [4.78, 5) is 11.3. The fourth-order valence-electron chi connectivity index (χ4n) is 1.77. The van der Waals surface area contributed by atoms with E-state index in [-0.39, 0.29) is 23.0 Å². The molecule has 0 aromatic rings. The van der Waals surface area contributed by atoms with E-state index in [1.807, 2.05) is 0 Å². The van der Waals surface area contributed by atoms with Crippen molar-refractivity contribution < 1.29 is 4.79 Å². The van der Waals surface area contributed by atoms with E-state index in [4.69, 9.17) is 5.41 Å². The molecule has 0 bridgehead atoms. The first-order valence-electron chi connectivity index (χ1n) is 4.79. The molecule has 1 rings (SSSR count). The summed E-state index contributed by atoms with van der Waals surface area (Å²) in [6.07, 6.45) is 1.93. The van der Waals surface area contributed by atoms with E-state index in [0.29, 0.717) is 6.54 Å². The second-order valence-electron chi connectivity index (χ2n) is 4.73. The fourth-order valence-corrected chi connectivity index (χ4v) is 1.77. The minimum absolute atomic E-state index is 0.0266. The Bertz CT molecular complexity index is 228. The van der Waals surface area contributed by atoms with Crippen molar-refractivity contribution in [1.29, 1.82) is 5.41 Å². The van der Waals surface area contributed by atoms with Crippen molar-refractivity contribution in [1.82, 2.24) is 5.32 Å². The topological polar surface area (TPSA) is 53.0 Å². The molecule has 1 unspecified atom stereocenters. The molecule has 0 aromatic carbocycles. The van der Waals surface area contributed by atoms with Gasteiger partial charge < -0.3 is 5.32 Å². The van der Waals surface area contributed by atoms with Gasteiger partial charge in [-0.2, -0.15) is 0 Å². The van der Waals surface area contributed by atoms with E-state index < -0.39 is 0 Å². The highest BCUT2D eigenvalue weighted by Crippen LogP contribution is 2.31. The zero-order valence-electron chi connectivity index (χ0n) is 8.61. The van der Waals surface area contributed by atoms with Crippen LogP contribution in [0.3, 0.4) is 0 Å². The second kappa shape index (κ2) is 3.48. The first kappa shape index (κ1) is 10.2. The molecule has 0 saturated carbocycles. The normalized spacial score (nSPS) is 25.3. The van der Waals surface area contributed by atoms with Crippen LogP contribution >= 0.6 is 0 Å². The van der Waals surface area contributed by atoms with E-state index in [0.717, 1.165) is 12.8 Å². The Hall–Kier alpha value is -0.860. The average Bonchev–Trinajstić information content (AvgIpc) is 2.14. The number of hydrogen-bond acceptors (Lipinski definition) is 2. The van der Waals surface area contributed by atoms with Crippen molar-refractivity contribution in [3.05, 3.63) is 0 Å². The van der Waals surface area contributed by atoms with Gasteiger partial charge in [-0.15, -0.1) is 0 Å². The lowest BCUT2D eigenvalue weighted by atomic mass is 9.75. The quantitative estimate of drug-likeness (QED) is 0.587. The zero-order chi connectivity index (χ0) is 10.1. The van der Waals surface area contributed by atoms with Gasteiger partial charge in [0.25, 0.3) is 5.91 Å². The van der Waals surface area contributed by atoms with Gasteiger partial charge in [-0.05, 0) is 18.3 Å². The molecule has 13 heavy (non-hydrogen) atoms. The van der Waals surface area contributed by atoms with E-state index in [2.05, 4.69) is 26.1 Å². The molecule has 3 nitrogen and oxygen atoms in total. The van der Waals surface area contributed by atoms with Crippen molar-refractivity contribution in [3.8, 4) is 0 Å².